The highest BCUT2D eigenvalue weighted by Gasteiger charge is 2.31. The van der Waals surface area contributed by atoms with Gasteiger partial charge in [-0.05, 0) is 19.1 Å². The molecule has 0 unspecified atom stereocenters. The van der Waals surface area contributed by atoms with Gasteiger partial charge >= 0.3 is 5.97 Å². The van der Waals surface area contributed by atoms with Crippen LogP contribution in [0, 0.1) is 6.92 Å². The molecule has 110 valence electrons. The standard InChI is InChI=1S/C13H12N2O5S/c1-7-9(13(17)18)15-10(12(14)16)11(7)21(19,20)8-5-3-2-4-6-8/h2-6,15H,1H3,(H2,14,16)(H,17,18). The van der Waals surface area contributed by atoms with E-state index in [0.29, 0.717) is 0 Å². The normalized spacial score (nSPS) is 11.3. The van der Waals surface area contributed by atoms with Gasteiger partial charge in [0, 0.05) is 5.56 Å². The number of rotatable bonds is 4. The van der Waals surface area contributed by atoms with E-state index in [0.717, 1.165) is 0 Å². The number of primary amides is 1. The molecule has 1 heterocycles. The summed E-state index contributed by atoms with van der Waals surface area (Å²) in [4.78, 5) is 24.3. The van der Waals surface area contributed by atoms with Gasteiger partial charge in [0.05, 0.1) is 4.90 Å². The molecule has 0 saturated carbocycles. The lowest BCUT2D eigenvalue weighted by molar-refractivity contribution is 0.0690. The van der Waals surface area contributed by atoms with Crippen molar-refractivity contribution in [1.29, 1.82) is 0 Å². The number of H-pyrrole nitrogens is 1. The van der Waals surface area contributed by atoms with E-state index in [9.17, 15) is 18.0 Å². The smallest absolute Gasteiger partial charge is 0.352 e. The lowest BCUT2D eigenvalue weighted by Crippen LogP contribution is -2.16. The molecule has 8 heteroatoms. The molecule has 0 fully saturated rings. The first-order valence-corrected chi connectivity index (χ1v) is 7.31. The SMILES string of the molecule is Cc1c(C(=O)O)[nH]c(C(N)=O)c1S(=O)(=O)c1ccccc1. The van der Waals surface area contributed by atoms with Crippen molar-refractivity contribution in [1.82, 2.24) is 4.98 Å². The second-order valence-corrected chi connectivity index (χ2v) is 6.20. The van der Waals surface area contributed by atoms with Crippen molar-refractivity contribution in [2.75, 3.05) is 0 Å². The van der Waals surface area contributed by atoms with E-state index >= 15 is 0 Å². The molecule has 0 aliphatic heterocycles. The van der Waals surface area contributed by atoms with Gasteiger partial charge in [-0.15, -0.1) is 0 Å². The molecule has 1 amide bonds. The number of aromatic amines is 1. The quantitative estimate of drug-likeness (QED) is 0.774. The zero-order valence-electron chi connectivity index (χ0n) is 11.0. The van der Waals surface area contributed by atoms with Crippen LogP contribution in [0.25, 0.3) is 0 Å². The van der Waals surface area contributed by atoms with Gasteiger partial charge in [0.15, 0.2) is 0 Å². The molecule has 2 rings (SSSR count). The summed E-state index contributed by atoms with van der Waals surface area (Å²) in [6.45, 7) is 1.31. The number of carboxylic acids is 1. The molecule has 7 nitrogen and oxygen atoms in total. The summed E-state index contributed by atoms with van der Waals surface area (Å²) in [6.07, 6.45) is 0. The molecule has 21 heavy (non-hydrogen) atoms. The van der Waals surface area contributed by atoms with Crippen molar-refractivity contribution < 1.29 is 23.1 Å². The molecular weight excluding hydrogens is 296 g/mol. The van der Waals surface area contributed by atoms with E-state index in [1.54, 1.807) is 6.07 Å². The highest BCUT2D eigenvalue weighted by Crippen LogP contribution is 2.29. The van der Waals surface area contributed by atoms with Crippen molar-refractivity contribution >= 4 is 21.7 Å². The van der Waals surface area contributed by atoms with Gasteiger partial charge in [0.25, 0.3) is 5.91 Å². The maximum Gasteiger partial charge on any atom is 0.352 e. The molecule has 4 N–H and O–H groups in total. The summed E-state index contributed by atoms with van der Waals surface area (Å²) in [7, 11) is -4.05. The van der Waals surface area contributed by atoms with E-state index in [4.69, 9.17) is 10.8 Å². The third-order valence-corrected chi connectivity index (χ3v) is 4.92. The Bertz CT molecular complexity index is 822. The van der Waals surface area contributed by atoms with Crippen molar-refractivity contribution in [2.24, 2.45) is 5.73 Å². The fourth-order valence-electron chi connectivity index (χ4n) is 2.02. The number of carbonyl (C=O) groups is 2. The molecule has 0 atom stereocenters. The average molecular weight is 308 g/mol. The molecule has 0 aliphatic carbocycles. The number of nitrogens with one attached hydrogen (secondary N) is 1. The summed E-state index contributed by atoms with van der Waals surface area (Å²) in [5.41, 5.74) is 4.28. The van der Waals surface area contributed by atoms with Crippen molar-refractivity contribution in [3.63, 3.8) is 0 Å². The van der Waals surface area contributed by atoms with Crippen molar-refractivity contribution in [3.8, 4) is 0 Å². The van der Waals surface area contributed by atoms with Crippen LogP contribution >= 0.6 is 0 Å². The van der Waals surface area contributed by atoms with Gasteiger partial charge in [-0.25, -0.2) is 13.2 Å². The summed E-state index contributed by atoms with van der Waals surface area (Å²) in [6, 6.07) is 7.40. The van der Waals surface area contributed by atoms with Crippen LogP contribution in [-0.4, -0.2) is 30.4 Å². The molecule has 0 radical (unpaired) electrons. The zero-order valence-corrected chi connectivity index (χ0v) is 11.8. The Balaban J connectivity index is 2.80. The Kier molecular flexibility index (Phi) is 3.56. The van der Waals surface area contributed by atoms with Crippen LogP contribution in [0.3, 0.4) is 0 Å². The third-order valence-electron chi connectivity index (χ3n) is 2.98. The van der Waals surface area contributed by atoms with E-state index in [2.05, 4.69) is 4.98 Å². The van der Waals surface area contributed by atoms with E-state index in [1.807, 2.05) is 0 Å². The van der Waals surface area contributed by atoms with Crippen LogP contribution in [0.2, 0.25) is 0 Å². The minimum absolute atomic E-state index is 0.0495. The summed E-state index contributed by atoms with van der Waals surface area (Å²) in [5, 5.41) is 9.04. The highest BCUT2D eigenvalue weighted by molar-refractivity contribution is 7.91. The number of hydrogen-bond donors (Lipinski definition) is 3. The van der Waals surface area contributed by atoms with Gasteiger partial charge in [0.2, 0.25) is 9.84 Å². The van der Waals surface area contributed by atoms with Gasteiger partial charge in [0.1, 0.15) is 16.3 Å². The average Bonchev–Trinajstić information content (AvgIpc) is 2.78. The maximum absolute atomic E-state index is 12.6. The number of sulfone groups is 1. The highest BCUT2D eigenvalue weighted by atomic mass is 32.2. The second-order valence-electron chi connectivity index (χ2n) is 4.32. The third kappa shape index (κ3) is 2.40. The molecule has 0 bridgehead atoms. The largest absolute Gasteiger partial charge is 0.477 e. The Morgan fingerprint density at radius 2 is 1.71 bits per heavy atom. The molecule has 0 saturated heterocycles. The molecule has 1 aromatic heterocycles. The predicted octanol–water partition coefficient (Wildman–Crippen LogP) is 0.953. The molecular formula is C13H12N2O5S. The maximum atomic E-state index is 12.6. The minimum Gasteiger partial charge on any atom is -0.477 e. The first-order chi connectivity index (χ1) is 9.76. The van der Waals surface area contributed by atoms with Gasteiger partial charge in [-0.2, -0.15) is 0 Å². The Morgan fingerprint density at radius 3 is 2.19 bits per heavy atom. The molecule has 0 aliphatic rings. The van der Waals surface area contributed by atoms with Crippen molar-refractivity contribution in [2.45, 2.75) is 16.7 Å². The summed E-state index contributed by atoms with van der Waals surface area (Å²) >= 11 is 0. The Hall–Kier alpha value is -2.61. The molecule has 1 aromatic carbocycles. The second kappa shape index (κ2) is 5.06. The van der Waals surface area contributed by atoms with Crippen LogP contribution in [-0.2, 0) is 9.84 Å². The van der Waals surface area contributed by atoms with Crippen LogP contribution in [0.5, 0.6) is 0 Å². The van der Waals surface area contributed by atoms with Crippen LogP contribution in [0.15, 0.2) is 40.1 Å². The Labute approximate surface area is 120 Å². The van der Waals surface area contributed by atoms with Crippen LogP contribution in [0.4, 0.5) is 0 Å². The number of amides is 1. The number of nitrogens with two attached hydrogens (primary N) is 1. The van der Waals surface area contributed by atoms with Gasteiger partial charge in [-0.1, -0.05) is 18.2 Å². The number of carbonyl (C=O) groups excluding carboxylic acids is 1. The fraction of sp³-hybridized carbons (Fsp3) is 0.0769. The van der Waals surface area contributed by atoms with Crippen molar-refractivity contribution in [3.05, 3.63) is 47.3 Å². The number of benzene rings is 1. The lowest BCUT2D eigenvalue weighted by Gasteiger charge is -2.05. The van der Waals surface area contributed by atoms with E-state index < -0.39 is 32.3 Å². The number of aromatic carboxylic acids is 1. The predicted molar refractivity (Wildman–Crippen MR) is 72.9 cm³/mol. The fourth-order valence-corrected chi connectivity index (χ4v) is 3.69. The monoisotopic (exact) mass is 308 g/mol. The van der Waals surface area contributed by atoms with E-state index in [1.165, 1.54) is 31.2 Å². The van der Waals surface area contributed by atoms with Gasteiger partial charge in [-0.3, -0.25) is 4.79 Å². The van der Waals surface area contributed by atoms with E-state index in [-0.39, 0.29) is 16.2 Å². The molecule has 2 aromatic rings. The first kappa shape index (κ1) is 14.8. The van der Waals surface area contributed by atoms with Crippen LogP contribution < -0.4 is 5.73 Å². The Morgan fingerprint density at radius 1 is 1.14 bits per heavy atom. The first-order valence-electron chi connectivity index (χ1n) is 5.82. The lowest BCUT2D eigenvalue weighted by atomic mass is 10.2. The minimum atomic E-state index is -4.05. The number of aromatic nitrogens is 1. The summed E-state index contributed by atoms with van der Waals surface area (Å²) < 4.78 is 25.2. The topological polar surface area (TPSA) is 130 Å². The zero-order chi connectivity index (χ0) is 15.8. The summed E-state index contributed by atoms with van der Waals surface area (Å²) in [5.74, 6) is -2.41. The van der Waals surface area contributed by atoms with Gasteiger partial charge < -0.3 is 15.8 Å². The van der Waals surface area contributed by atoms with Crippen LogP contribution in [0.1, 0.15) is 26.5 Å². The number of hydrogen-bond acceptors (Lipinski definition) is 4. The molecule has 0 spiro atoms. The number of carboxylic acid groups (broad SMARTS) is 1.